The van der Waals surface area contributed by atoms with E-state index in [4.69, 9.17) is 15.2 Å². The lowest BCUT2D eigenvalue weighted by atomic mass is 10.1. The summed E-state index contributed by atoms with van der Waals surface area (Å²) in [7, 11) is 0. The van der Waals surface area contributed by atoms with Gasteiger partial charge in [-0.25, -0.2) is 4.99 Å². The molecule has 158 valence electrons. The molecule has 0 heterocycles. The Morgan fingerprint density at radius 1 is 1.10 bits per heavy atom. The van der Waals surface area contributed by atoms with Crippen LogP contribution in [-0.4, -0.2) is 32.1 Å². The Labute approximate surface area is 167 Å². The number of aliphatic imine (C=N–C) groups is 1. The van der Waals surface area contributed by atoms with Crippen LogP contribution in [0.5, 0.6) is 11.5 Å². The molecule has 0 atom stereocenters. The predicted octanol–water partition coefficient (Wildman–Crippen LogP) is 4.24. The van der Waals surface area contributed by atoms with E-state index in [-0.39, 0.29) is 18.3 Å². The van der Waals surface area contributed by atoms with Gasteiger partial charge in [-0.1, -0.05) is 12.1 Å². The second-order valence-electron chi connectivity index (χ2n) is 6.06. The Bertz CT molecular complexity index is 809. The summed E-state index contributed by atoms with van der Waals surface area (Å²) in [4.78, 5) is 4.27. The fraction of sp³-hybridized carbons (Fsp3) is 0.350. The summed E-state index contributed by atoms with van der Waals surface area (Å²) in [6, 6.07) is 11.0. The van der Waals surface area contributed by atoms with Crippen molar-refractivity contribution in [1.82, 2.24) is 0 Å². The van der Waals surface area contributed by atoms with Gasteiger partial charge in [0.1, 0.15) is 18.1 Å². The first-order valence-corrected chi connectivity index (χ1v) is 8.99. The van der Waals surface area contributed by atoms with Gasteiger partial charge in [-0.3, -0.25) is 0 Å². The van der Waals surface area contributed by atoms with Crippen LogP contribution >= 0.6 is 0 Å². The maximum absolute atomic E-state index is 12.2. The van der Waals surface area contributed by atoms with Crippen molar-refractivity contribution in [3.63, 3.8) is 0 Å². The van der Waals surface area contributed by atoms with E-state index in [0.29, 0.717) is 31.3 Å². The average molecular weight is 411 g/mol. The summed E-state index contributed by atoms with van der Waals surface area (Å²) in [6.07, 6.45) is -4.73. The van der Waals surface area contributed by atoms with Crippen LogP contribution in [0.4, 0.5) is 18.9 Å². The number of rotatable bonds is 9. The molecule has 0 fully saturated rings. The van der Waals surface area contributed by atoms with Crippen LogP contribution in [0.2, 0.25) is 0 Å². The van der Waals surface area contributed by atoms with Crippen LogP contribution < -0.4 is 20.5 Å². The molecule has 0 unspecified atom stereocenters. The molecule has 9 heteroatoms. The van der Waals surface area contributed by atoms with Crippen molar-refractivity contribution in [3.05, 3.63) is 53.6 Å². The highest BCUT2D eigenvalue weighted by Crippen LogP contribution is 2.24. The van der Waals surface area contributed by atoms with Crippen LogP contribution in [0.3, 0.4) is 0 Å². The SMILES string of the molecule is CCOCCOc1cc(C)ccc1CN=C(N)Nc1ccc(OC(F)(F)F)cc1. The lowest BCUT2D eigenvalue weighted by Crippen LogP contribution is -2.22. The van der Waals surface area contributed by atoms with E-state index >= 15 is 0 Å². The molecular formula is C20H24F3N3O3. The Hall–Kier alpha value is -2.94. The summed E-state index contributed by atoms with van der Waals surface area (Å²) in [6.45, 7) is 5.70. The smallest absolute Gasteiger partial charge is 0.491 e. The molecular weight excluding hydrogens is 387 g/mol. The Morgan fingerprint density at radius 2 is 1.83 bits per heavy atom. The van der Waals surface area contributed by atoms with Crippen molar-refractivity contribution >= 4 is 11.6 Å². The van der Waals surface area contributed by atoms with E-state index in [9.17, 15) is 13.2 Å². The number of alkyl halides is 3. The van der Waals surface area contributed by atoms with Gasteiger partial charge < -0.3 is 25.3 Å². The molecule has 0 amide bonds. The van der Waals surface area contributed by atoms with Gasteiger partial charge in [-0.2, -0.15) is 0 Å². The fourth-order valence-corrected chi connectivity index (χ4v) is 2.38. The topological polar surface area (TPSA) is 78.1 Å². The van der Waals surface area contributed by atoms with Gasteiger partial charge in [0.25, 0.3) is 0 Å². The number of anilines is 1. The largest absolute Gasteiger partial charge is 0.573 e. The van der Waals surface area contributed by atoms with Crippen LogP contribution in [0.1, 0.15) is 18.1 Å². The standard InChI is InChI=1S/C20H24F3N3O3/c1-3-27-10-11-28-18-12-14(2)4-5-15(18)13-25-19(24)26-16-6-8-17(9-7-16)29-20(21,22)23/h4-9,12H,3,10-11,13H2,1-2H3,(H3,24,25,26). The number of ether oxygens (including phenoxy) is 3. The third kappa shape index (κ3) is 8.30. The zero-order valence-corrected chi connectivity index (χ0v) is 16.3. The van der Waals surface area contributed by atoms with E-state index in [1.165, 1.54) is 24.3 Å². The number of guanidine groups is 1. The number of nitrogens with zero attached hydrogens (tertiary/aromatic N) is 1. The van der Waals surface area contributed by atoms with E-state index in [0.717, 1.165) is 11.1 Å². The average Bonchev–Trinajstić information content (AvgIpc) is 2.65. The van der Waals surface area contributed by atoms with E-state index in [2.05, 4.69) is 15.0 Å². The highest BCUT2D eigenvalue weighted by atomic mass is 19.4. The molecule has 0 radical (unpaired) electrons. The van der Waals surface area contributed by atoms with Crippen molar-refractivity contribution in [2.75, 3.05) is 25.1 Å². The summed E-state index contributed by atoms with van der Waals surface area (Å²) < 4.78 is 51.4. The van der Waals surface area contributed by atoms with Gasteiger partial charge in [0, 0.05) is 17.9 Å². The molecule has 0 spiro atoms. The quantitative estimate of drug-likeness (QED) is 0.367. The van der Waals surface area contributed by atoms with Crippen molar-refractivity contribution in [3.8, 4) is 11.5 Å². The van der Waals surface area contributed by atoms with Crippen LogP contribution in [-0.2, 0) is 11.3 Å². The molecule has 29 heavy (non-hydrogen) atoms. The first-order chi connectivity index (χ1) is 13.8. The van der Waals surface area contributed by atoms with Crippen molar-refractivity contribution < 1.29 is 27.4 Å². The molecule has 3 N–H and O–H groups in total. The Kier molecular flexibility index (Phi) is 8.14. The third-order valence-electron chi connectivity index (χ3n) is 3.69. The highest BCUT2D eigenvalue weighted by molar-refractivity contribution is 5.92. The van der Waals surface area contributed by atoms with E-state index in [1.54, 1.807) is 0 Å². The lowest BCUT2D eigenvalue weighted by molar-refractivity contribution is -0.274. The van der Waals surface area contributed by atoms with E-state index < -0.39 is 6.36 Å². The Balaban J connectivity index is 1.97. The molecule has 2 aromatic rings. The van der Waals surface area contributed by atoms with Gasteiger partial charge in [-0.15, -0.1) is 13.2 Å². The summed E-state index contributed by atoms with van der Waals surface area (Å²) >= 11 is 0. The molecule has 0 aromatic heterocycles. The van der Waals surface area contributed by atoms with E-state index in [1.807, 2.05) is 32.0 Å². The van der Waals surface area contributed by atoms with Crippen molar-refractivity contribution in [1.29, 1.82) is 0 Å². The monoisotopic (exact) mass is 411 g/mol. The zero-order valence-electron chi connectivity index (χ0n) is 16.3. The molecule has 0 aliphatic heterocycles. The minimum atomic E-state index is -4.73. The second kappa shape index (κ2) is 10.6. The number of benzene rings is 2. The maximum Gasteiger partial charge on any atom is 0.573 e. The van der Waals surface area contributed by atoms with Gasteiger partial charge >= 0.3 is 6.36 Å². The molecule has 0 aliphatic carbocycles. The molecule has 0 saturated heterocycles. The number of halogens is 3. The van der Waals surface area contributed by atoms with Crippen LogP contribution in [0.15, 0.2) is 47.5 Å². The van der Waals surface area contributed by atoms with Gasteiger partial charge in [0.2, 0.25) is 0 Å². The van der Waals surface area contributed by atoms with Crippen LogP contribution in [0, 0.1) is 6.92 Å². The predicted molar refractivity (Wildman–Crippen MR) is 105 cm³/mol. The Morgan fingerprint density at radius 3 is 2.48 bits per heavy atom. The lowest BCUT2D eigenvalue weighted by Gasteiger charge is -2.12. The van der Waals surface area contributed by atoms with Gasteiger partial charge in [0.05, 0.1) is 13.2 Å². The molecule has 2 aromatic carbocycles. The molecule has 0 saturated carbocycles. The molecule has 2 rings (SSSR count). The number of hydrogen-bond acceptors (Lipinski definition) is 4. The number of nitrogens with two attached hydrogens (primary N) is 1. The number of nitrogens with one attached hydrogen (secondary N) is 1. The minimum absolute atomic E-state index is 0.121. The first kappa shape index (κ1) is 22.4. The van der Waals surface area contributed by atoms with Crippen LogP contribution in [0.25, 0.3) is 0 Å². The molecule has 0 aliphatic rings. The first-order valence-electron chi connectivity index (χ1n) is 8.99. The normalized spacial score (nSPS) is 12.0. The minimum Gasteiger partial charge on any atom is -0.491 e. The summed E-state index contributed by atoms with van der Waals surface area (Å²) in [5, 5.41) is 2.82. The number of hydrogen-bond donors (Lipinski definition) is 2. The van der Waals surface area contributed by atoms with Crippen molar-refractivity contribution in [2.45, 2.75) is 26.8 Å². The van der Waals surface area contributed by atoms with Gasteiger partial charge in [0.15, 0.2) is 5.96 Å². The van der Waals surface area contributed by atoms with Gasteiger partial charge in [-0.05, 0) is 49.7 Å². The highest BCUT2D eigenvalue weighted by Gasteiger charge is 2.30. The maximum atomic E-state index is 12.2. The summed E-state index contributed by atoms with van der Waals surface area (Å²) in [5.74, 6) is 0.511. The zero-order chi connectivity index (χ0) is 21.3. The molecule has 6 nitrogen and oxygen atoms in total. The fourth-order valence-electron chi connectivity index (χ4n) is 2.38. The molecule has 0 bridgehead atoms. The van der Waals surface area contributed by atoms with Crippen molar-refractivity contribution in [2.24, 2.45) is 10.7 Å². The third-order valence-corrected chi connectivity index (χ3v) is 3.69. The summed E-state index contributed by atoms with van der Waals surface area (Å²) in [5.41, 5.74) is 8.27. The number of aryl methyl sites for hydroxylation is 1. The second-order valence-corrected chi connectivity index (χ2v) is 6.06.